The van der Waals surface area contributed by atoms with Crippen molar-refractivity contribution in [1.29, 1.82) is 0 Å². The Balaban J connectivity index is 1.58. The van der Waals surface area contributed by atoms with Crippen LogP contribution in [0.1, 0.15) is 6.42 Å². The zero-order valence-electron chi connectivity index (χ0n) is 14.1. The van der Waals surface area contributed by atoms with Crippen molar-refractivity contribution in [2.24, 2.45) is 0 Å². The molecule has 0 aliphatic rings. The molecule has 0 aliphatic carbocycles. The predicted octanol–water partition coefficient (Wildman–Crippen LogP) is 4.76. The van der Waals surface area contributed by atoms with Crippen molar-refractivity contribution in [2.45, 2.75) is 13.0 Å². The van der Waals surface area contributed by atoms with Gasteiger partial charge in [-0.15, -0.1) is 0 Å². The van der Waals surface area contributed by atoms with Gasteiger partial charge in [-0.3, -0.25) is 0 Å². The number of imidazole rings is 1. The second-order valence-corrected chi connectivity index (χ2v) is 6.92. The fraction of sp³-hybridized carbons (Fsp3) is 0.150. The molecule has 1 N–H and O–H groups in total. The lowest BCUT2D eigenvalue weighted by Gasteiger charge is -2.11. The highest BCUT2D eigenvalue weighted by Gasteiger charge is 2.09. The minimum Gasteiger partial charge on any atom is -0.369 e. The molecule has 0 amide bonds. The monoisotopic (exact) mass is 407 g/mol. The summed E-state index contributed by atoms with van der Waals surface area (Å²) in [5.74, 6) is 1.60. The molecule has 26 heavy (non-hydrogen) atoms. The number of benzene rings is 2. The molecular weight excluding hydrogens is 390 g/mol. The largest absolute Gasteiger partial charge is 0.369 e. The van der Waals surface area contributed by atoms with E-state index in [0.29, 0.717) is 0 Å². The molecule has 2 aromatic carbocycles. The van der Waals surface area contributed by atoms with Gasteiger partial charge >= 0.3 is 0 Å². The molecule has 0 saturated carbocycles. The predicted molar refractivity (Wildman–Crippen MR) is 108 cm³/mol. The van der Waals surface area contributed by atoms with Crippen LogP contribution < -0.4 is 5.32 Å². The van der Waals surface area contributed by atoms with E-state index in [1.165, 1.54) is 0 Å². The topological polar surface area (TPSA) is 55.6 Å². The average Bonchev–Trinajstić information content (AvgIpc) is 3.19. The number of aryl methyl sites for hydroxylation is 1. The minimum absolute atomic E-state index is 0.730. The van der Waals surface area contributed by atoms with Crippen molar-refractivity contribution in [3.63, 3.8) is 0 Å². The molecule has 5 nitrogen and oxygen atoms in total. The molecule has 0 aliphatic heterocycles. The van der Waals surface area contributed by atoms with Crippen LogP contribution in [0.15, 0.2) is 71.7 Å². The normalized spacial score (nSPS) is 11.0. The lowest BCUT2D eigenvalue weighted by molar-refractivity contribution is 0.660. The van der Waals surface area contributed by atoms with Gasteiger partial charge in [0.1, 0.15) is 5.82 Å². The summed E-state index contributed by atoms with van der Waals surface area (Å²) in [5, 5.41) is 4.52. The molecule has 4 aromatic rings. The van der Waals surface area contributed by atoms with Gasteiger partial charge in [-0.2, -0.15) is 0 Å². The summed E-state index contributed by atoms with van der Waals surface area (Å²) in [6.45, 7) is 1.76. The first-order chi connectivity index (χ1) is 12.8. The molecule has 0 spiro atoms. The second-order valence-electron chi connectivity index (χ2n) is 6.00. The fourth-order valence-corrected chi connectivity index (χ4v) is 3.09. The SMILES string of the molecule is Brc1ccc(-c2nc(NCCCn3ccnc3)c3ccccc3n2)cc1. The van der Waals surface area contributed by atoms with Crippen LogP contribution in [0.4, 0.5) is 5.82 Å². The number of fused-ring (bicyclic) bond motifs is 1. The van der Waals surface area contributed by atoms with Crippen LogP contribution in [0, 0.1) is 0 Å². The van der Waals surface area contributed by atoms with Gasteiger partial charge in [0.05, 0.1) is 11.8 Å². The molecule has 0 fully saturated rings. The number of hydrogen-bond donors (Lipinski definition) is 1. The summed E-state index contributed by atoms with van der Waals surface area (Å²) in [7, 11) is 0. The van der Waals surface area contributed by atoms with E-state index in [9.17, 15) is 0 Å². The molecule has 0 radical (unpaired) electrons. The number of para-hydroxylation sites is 1. The second kappa shape index (κ2) is 7.66. The number of aromatic nitrogens is 4. The molecule has 0 unspecified atom stereocenters. The van der Waals surface area contributed by atoms with Crippen molar-refractivity contribution in [2.75, 3.05) is 11.9 Å². The maximum absolute atomic E-state index is 4.78. The third-order valence-electron chi connectivity index (χ3n) is 4.15. The summed E-state index contributed by atoms with van der Waals surface area (Å²) >= 11 is 3.47. The third kappa shape index (κ3) is 3.75. The Morgan fingerprint density at radius 2 is 1.85 bits per heavy atom. The van der Waals surface area contributed by atoms with Crippen LogP contribution in [0.2, 0.25) is 0 Å². The van der Waals surface area contributed by atoms with E-state index in [1.54, 1.807) is 6.20 Å². The Morgan fingerprint density at radius 3 is 2.65 bits per heavy atom. The average molecular weight is 408 g/mol. The van der Waals surface area contributed by atoms with Crippen molar-refractivity contribution in [3.05, 3.63) is 71.7 Å². The number of anilines is 1. The molecule has 2 heterocycles. The first-order valence-corrected chi connectivity index (χ1v) is 9.31. The van der Waals surface area contributed by atoms with E-state index in [-0.39, 0.29) is 0 Å². The van der Waals surface area contributed by atoms with E-state index in [1.807, 2.05) is 55.0 Å². The van der Waals surface area contributed by atoms with Crippen molar-refractivity contribution >= 4 is 32.7 Å². The highest BCUT2D eigenvalue weighted by molar-refractivity contribution is 9.10. The van der Waals surface area contributed by atoms with Gasteiger partial charge in [0.25, 0.3) is 0 Å². The van der Waals surface area contributed by atoms with E-state index >= 15 is 0 Å². The van der Waals surface area contributed by atoms with Crippen LogP contribution in [0.5, 0.6) is 0 Å². The number of nitrogens with one attached hydrogen (secondary N) is 1. The van der Waals surface area contributed by atoms with Crippen molar-refractivity contribution in [3.8, 4) is 11.4 Å². The van der Waals surface area contributed by atoms with E-state index < -0.39 is 0 Å². The minimum atomic E-state index is 0.730. The maximum Gasteiger partial charge on any atom is 0.162 e. The maximum atomic E-state index is 4.78. The van der Waals surface area contributed by atoms with E-state index in [0.717, 1.165) is 52.1 Å². The summed E-state index contributed by atoms with van der Waals surface area (Å²) in [6, 6.07) is 16.2. The van der Waals surface area contributed by atoms with Gasteiger partial charge in [0.15, 0.2) is 5.82 Å². The van der Waals surface area contributed by atoms with Crippen LogP contribution in [-0.4, -0.2) is 26.1 Å². The number of nitrogens with zero attached hydrogens (tertiary/aromatic N) is 4. The first-order valence-electron chi connectivity index (χ1n) is 8.52. The summed E-state index contributed by atoms with van der Waals surface area (Å²) in [6.07, 6.45) is 6.61. The Hall–Kier alpha value is -2.73. The van der Waals surface area contributed by atoms with Crippen LogP contribution in [-0.2, 0) is 6.54 Å². The Kier molecular flexibility index (Phi) is 4.93. The third-order valence-corrected chi connectivity index (χ3v) is 4.68. The molecule has 2 aromatic heterocycles. The number of rotatable bonds is 6. The lowest BCUT2D eigenvalue weighted by atomic mass is 10.2. The molecule has 6 heteroatoms. The van der Waals surface area contributed by atoms with Crippen molar-refractivity contribution in [1.82, 2.24) is 19.5 Å². The van der Waals surface area contributed by atoms with Crippen LogP contribution >= 0.6 is 15.9 Å². The zero-order chi connectivity index (χ0) is 17.8. The number of halogens is 1. The smallest absolute Gasteiger partial charge is 0.162 e. The van der Waals surface area contributed by atoms with Gasteiger partial charge < -0.3 is 9.88 Å². The first kappa shape index (κ1) is 16.7. The Bertz CT molecular complexity index is 997. The lowest BCUT2D eigenvalue weighted by Crippen LogP contribution is -2.08. The molecule has 130 valence electrons. The van der Waals surface area contributed by atoms with Gasteiger partial charge in [-0.05, 0) is 30.7 Å². The Morgan fingerprint density at radius 1 is 1.00 bits per heavy atom. The Labute approximate surface area is 160 Å². The van der Waals surface area contributed by atoms with Gasteiger partial charge in [-0.1, -0.05) is 40.2 Å². The molecule has 0 atom stereocenters. The molecule has 0 saturated heterocycles. The highest BCUT2D eigenvalue weighted by Crippen LogP contribution is 2.25. The zero-order valence-corrected chi connectivity index (χ0v) is 15.7. The summed E-state index contributed by atoms with van der Waals surface area (Å²) < 4.78 is 3.12. The standard InChI is InChI=1S/C20H18BrN5/c21-16-8-6-15(7-9-16)19-24-18-5-2-1-4-17(18)20(25-19)23-10-3-12-26-13-11-22-14-26/h1-2,4-9,11,13-14H,3,10,12H2,(H,23,24,25). The van der Waals surface area contributed by atoms with Gasteiger partial charge in [0.2, 0.25) is 0 Å². The van der Waals surface area contributed by atoms with Gasteiger partial charge in [0, 0.05) is 40.9 Å². The quantitative estimate of drug-likeness (QED) is 0.468. The molecule has 0 bridgehead atoms. The van der Waals surface area contributed by atoms with Crippen molar-refractivity contribution < 1.29 is 0 Å². The molecular formula is C20H18BrN5. The summed E-state index contributed by atoms with van der Waals surface area (Å²) in [4.78, 5) is 13.6. The van der Waals surface area contributed by atoms with Gasteiger partial charge in [-0.25, -0.2) is 15.0 Å². The highest BCUT2D eigenvalue weighted by atomic mass is 79.9. The number of hydrogen-bond acceptors (Lipinski definition) is 4. The van der Waals surface area contributed by atoms with E-state index in [2.05, 4.69) is 36.9 Å². The molecule has 4 rings (SSSR count). The van der Waals surface area contributed by atoms with E-state index in [4.69, 9.17) is 9.97 Å². The fourth-order valence-electron chi connectivity index (χ4n) is 2.83. The van der Waals surface area contributed by atoms with Crippen LogP contribution in [0.25, 0.3) is 22.3 Å². The summed E-state index contributed by atoms with van der Waals surface area (Å²) in [5.41, 5.74) is 1.94. The van der Waals surface area contributed by atoms with Crippen LogP contribution in [0.3, 0.4) is 0 Å².